The molecule has 0 spiro atoms. The van der Waals surface area contributed by atoms with Gasteiger partial charge in [0.25, 0.3) is 0 Å². The monoisotopic (exact) mass is 304 g/mol. The summed E-state index contributed by atoms with van der Waals surface area (Å²) in [6.45, 7) is 0.554. The van der Waals surface area contributed by atoms with Crippen LogP contribution in [-0.4, -0.2) is 21.6 Å². The fraction of sp³-hybridized carbons (Fsp3) is 0.357. The zero-order valence-corrected chi connectivity index (χ0v) is 12.2. The lowest BCUT2D eigenvalue weighted by molar-refractivity contribution is 0.444. The Morgan fingerprint density at radius 2 is 2.29 bits per heavy atom. The van der Waals surface area contributed by atoms with E-state index in [0.717, 1.165) is 22.0 Å². The van der Waals surface area contributed by atoms with Crippen LogP contribution in [-0.2, 0) is 6.54 Å². The van der Waals surface area contributed by atoms with E-state index in [1.165, 1.54) is 36.5 Å². The number of rotatable bonds is 4. The number of nitrogens with zero attached hydrogens (tertiary/aromatic N) is 4. The fourth-order valence-electron chi connectivity index (χ4n) is 2.26. The molecule has 0 N–H and O–H groups in total. The van der Waals surface area contributed by atoms with Crippen molar-refractivity contribution in [2.24, 2.45) is 0 Å². The summed E-state index contributed by atoms with van der Waals surface area (Å²) in [5.41, 5.74) is 1.24. The SMILES string of the molecule is CN(Cc1noc2cc(F)ccc12)c1nc(C2CC2)ns1. The van der Waals surface area contributed by atoms with Crippen molar-refractivity contribution in [2.45, 2.75) is 25.3 Å². The Bertz CT molecular complexity index is 795. The summed E-state index contributed by atoms with van der Waals surface area (Å²) in [4.78, 5) is 6.55. The van der Waals surface area contributed by atoms with E-state index in [1.54, 1.807) is 6.07 Å². The molecule has 0 aliphatic heterocycles. The van der Waals surface area contributed by atoms with Crippen molar-refractivity contribution in [3.8, 4) is 0 Å². The summed E-state index contributed by atoms with van der Waals surface area (Å²) >= 11 is 1.40. The lowest BCUT2D eigenvalue weighted by atomic mass is 10.2. The van der Waals surface area contributed by atoms with Gasteiger partial charge in [0.2, 0.25) is 5.13 Å². The third-order valence-electron chi connectivity index (χ3n) is 3.60. The average Bonchev–Trinajstić information content (AvgIpc) is 3.07. The average molecular weight is 304 g/mol. The molecule has 21 heavy (non-hydrogen) atoms. The first-order chi connectivity index (χ1) is 10.2. The second-order valence-electron chi connectivity index (χ2n) is 5.34. The minimum Gasteiger partial charge on any atom is -0.356 e. The van der Waals surface area contributed by atoms with Gasteiger partial charge in [0.05, 0.1) is 6.54 Å². The highest BCUT2D eigenvalue weighted by Crippen LogP contribution is 2.39. The standard InChI is InChI=1S/C14H13FN4OS/c1-19(14-16-13(18-21-14)8-2-3-8)7-11-10-5-4-9(15)6-12(10)20-17-11/h4-6,8H,2-3,7H2,1H3. The van der Waals surface area contributed by atoms with Crippen LogP contribution < -0.4 is 4.90 Å². The molecule has 5 nitrogen and oxygen atoms in total. The molecule has 1 aliphatic rings. The van der Waals surface area contributed by atoms with Crippen LogP contribution >= 0.6 is 11.5 Å². The quantitative estimate of drug-likeness (QED) is 0.740. The zero-order chi connectivity index (χ0) is 14.4. The predicted molar refractivity (Wildman–Crippen MR) is 78.0 cm³/mol. The Morgan fingerprint density at radius 3 is 3.10 bits per heavy atom. The van der Waals surface area contributed by atoms with Gasteiger partial charge in [-0.1, -0.05) is 5.16 Å². The van der Waals surface area contributed by atoms with Gasteiger partial charge in [-0.05, 0) is 25.0 Å². The Morgan fingerprint density at radius 1 is 1.43 bits per heavy atom. The molecule has 4 rings (SSSR count). The fourth-order valence-corrected chi connectivity index (χ4v) is 2.96. The predicted octanol–water partition coefficient (Wildman–Crippen LogP) is 3.33. The molecule has 0 atom stereocenters. The van der Waals surface area contributed by atoms with Crippen LogP contribution in [0.2, 0.25) is 0 Å². The number of hydrogen-bond donors (Lipinski definition) is 0. The molecule has 0 bridgehead atoms. The number of hydrogen-bond acceptors (Lipinski definition) is 6. The van der Waals surface area contributed by atoms with Gasteiger partial charge in [-0.25, -0.2) is 9.37 Å². The molecule has 7 heteroatoms. The van der Waals surface area contributed by atoms with Crippen molar-refractivity contribution >= 4 is 27.6 Å². The van der Waals surface area contributed by atoms with E-state index in [0.29, 0.717) is 18.0 Å². The molecular formula is C14H13FN4OS. The van der Waals surface area contributed by atoms with Crippen molar-refractivity contribution < 1.29 is 8.91 Å². The maximum Gasteiger partial charge on any atom is 0.205 e. The first-order valence-corrected chi connectivity index (χ1v) is 7.56. The molecule has 3 aromatic rings. The van der Waals surface area contributed by atoms with Crippen LogP contribution in [0.5, 0.6) is 0 Å². The third-order valence-corrected chi connectivity index (χ3v) is 4.44. The molecule has 1 fully saturated rings. The largest absolute Gasteiger partial charge is 0.356 e. The van der Waals surface area contributed by atoms with Gasteiger partial charge in [-0.3, -0.25) is 0 Å². The lowest BCUT2D eigenvalue weighted by Crippen LogP contribution is -2.16. The van der Waals surface area contributed by atoms with E-state index < -0.39 is 0 Å². The molecule has 108 valence electrons. The molecule has 2 aromatic heterocycles. The number of halogens is 1. The Kier molecular flexibility index (Phi) is 2.88. The number of fused-ring (bicyclic) bond motifs is 1. The molecule has 1 aliphatic carbocycles. The first kappa shape index (κ1) is 12.7. The summed E-state index contributed by atoms with van der Waals surface area (Å²) in [6, 6.07) is 4.46. The van der Waals surface area contributed by atoms with Gasteiger partial charge in [0.1, 0.15) is 17.3 Å². The molecule has 0 unspecified atom stereocenters. The van der Waals surface area contributed by atoms with Crippen molar-refractivity contribution in [1.82, 2.24) is 14.5 Å². The van der Waals surface area contributed by atoms with Gasteiger partial charge in [-0.2, -0.15) is 4.37 Å². The van der Waals surface area contributed by atoms with Crippen molar-refractivity contribution in [3.63, 3.8) is 0 Å². The highest BCUT2D eigenvalue weighted by molar-refractivity contribution is 7.09. The lowest BCUT2D eigenvalue weighted by Gasteiger charge is -2.12. The van der Waals surface area contributed by atoms with Crippen LogP contribution in [0.1, 0.15) is 30.3 Å². The normalized spacial score (nSPS) is 14.8. The number of benzene rings is 1. The van der Waals surface area contributed by atoms with E-state index in [-0.39, 0.29) is 5.82 Å². The van der Waals surface area contributed by atoms with E-state index in [2.05, 4.69) is 14.5 Å². The molecular weight excluding hydrogens is 291 g/mol. The minimum atomic E-state index is -0.322. The van der Waals surface area contributed by atoms with Crippen LogP contribution in [0.25, 0.3) is 11.0 Å². The summed E-state index contributed by atoms with van der Waals surface area (Å²) in [6.07, 6.45) is 2.39. The maximum absolute atomic E-state index is 13.1. The molecule has 0 saturated heterocycles. The highest BCUT2D eigenvalue weighted by Gasteiger charge is 2.28. The van der Waals surface area contributed by atoms with Gasteiger partial charge in [0.15, 0.2) is 5.58 Å². The summed E-state index contributed by atoms with van der Waals surface area (Å²) in [5.74, 6) is 1.19. The van der Waals surface area contributed by atoms with Crippen LogP contribution in [0, 0.1) is 5.82 Å². The zero-order valence-electron chi connectivity index (χ0n) is 11.4. The van der Waals surface area contributed by atoms with Gasteiger partial charge in [-0.15, -0.1) is 0 Å². The maximum atomic E-state index is 13.1. The number of aromatic nitrogens is 3. The van der Waals surface area contributed by atoms with Crippen molar-refractivity contribution in [2.75, 3.05) is 11.9 Å². The number of anilines is 1. The van der Waals surface area contributed by atoms with E-state index >= 15 is 0 Å². The third kappa shape index (κ3) is 2.37. The highest BCUT2D eigenvalue weighted by atomic mass is 32.1. The molecule has 1 aromatic carbocycles. The summed E-state index contributed by atoms with van der Waals surface area (Å²) < 4.78 is 22.7. The minimum absolute atomic E-state index is 0.322. The van der Waals surface area contributed by atoms with Crippen LogP contribution in [0.3, 0.4) is 0 Å². The summed E-state index contributed by atoms with van der Waals surface area (Å²) in [7, 11) is 1.95. The smallest absolute Gasteiger partial charge is 0.205 e. The van der Waals surface area contributed by atoms with E-state index in [1.807, 2.05) is 11.9 Å². The van der Waals surface area contributed by atoms with Gasteiger partial charge >= 0.3 is 0 Å². The molecule has 0 amide bonds. The Balaban J connectivity index is 1.57. The van der Waals surface area contributed by atoms with Gasteiger partial charge in [0, 0.05) is 36.0 Å². The second kappa shape index (κ2) is 4.77. The van der Waals surface area contributed by atoms with E-state index in [9.17, 15) is 4.39 Å². The molecule has 2 heterocycles. The van der Waals surface area contributed by atoms with Crippen molar-refractivity contribution in [3.05, 3.63) is 35.5 Å². The second-order valence-corrected chi connectivity index (χ2v) is 6.07. The van der Waals surface area contributed by atoms with Crippen LogP contribution in [0.15, 0.2) is 22.7 Å². The van der Waals surface area contributed by atoms with Gasteiger partial charge < -0.3 is 9.42 Å². The Hall–Kier alpha value is -2.02. The Labute approximate surface area is 124 Å². The van der Waals surface area contributed by atoms with Crippen LogP contribution in [0.4, 0.5) is 9.52 Å². The van der Waals surface area contributed by atoms with E-state index in [4.69, 9.17) is 4.52 Å². The molecule has 0 radical (unpaired) electrons. The van der Waals surface area contributed by atoms with Crippen molar-refractivity contribution in [1.29, 1.82) is 0 Å². The molecule has 1 saturated carbocycles. The summed E-state index contributed by atoms with van der Waals surface area (Å²) in [5, 5.41) is 5.73. The topological polar surface area (TPSA) is 55.1 Å². The first-order valence-electron chi connectivity index (χ1n) is 6.79.